The molecule has 4 rings (SSSR count). The number of ether oxygens (including phenoxy) is 2. The number of aliphatic hydroxyl groups excluding tert-OH is 1. The predicted octanol–water partition coefficient (Wildman–Crippen LogP) is 4.96. The first-order chi connectivity index (χ1) is 16.4. The summed E-state index contributed by atoms with van der Waals surface area (Å²) in [6.45, 7) is 0.415. The summed E-state index contributed by atoms with van der Waals surface area (Å²) in [5.74, 6) is -0.455. The van der Waals surface area contributed by atoms with Gasteiger partial charge in [0.05, 0.1) is 18.1 Å². The van der Waals surface area contributed by atoms with Gasteiger partial charge in [-0.15, -0.1) is 0 Å². The number of nitro groups is 1. The molecule has 34 heavy (non-hydrogen) atoms. The van der Waals surface area contributed by atoms with Crippen LogP contribution < -0.4 is 0 Å². The molecule has 3 aromatic carbocycles. The molecule has 1 unspecified atom stereocenters. The minimum Gasteiger partial charge on any atom is -0.383 e. The van der Waals surface area contributed by atoms with Crippen LogP contribution in [0.3, 0.4) is 0 Å². The van der Waals surface area contributed by atoms with Gasteiger partial charge in [-0.05, 0) is 23.3 Å². The van der Waals surface area contributed by atoms with E-state index >= 15 is 0 Å². The van der Waals surface area contributed by atoms with Crippen molar-refractivity contribution in [2.75, 3.05) is 0 Å². The van der Waals surface area contributed by atoms with Gasteiger partial charge in [0.25, 0.3) is 5.69 Å². The van der Waals surface area contributed by atoms with Crippen molar-refractivity contribution < 1.29 is 24.3 Å². The Morgan fingerprint density at radius 3 is 2.12 bits per heavy atom. The standard InChI is InChI=1S/C26H22ClNO6/c27-22-12-11-19(28(31)32)13-20(22)24(29)21-14-23(33-15-17-7-3-1-4-8-17)26(25(21)30)34-16-18-9-5-2-6-10-18/h1-14,23-24,26,29H,15-16H2/t23-,24?,26+/m0/s1. The smallest absolute Gasteiger partial charge is 0.269 e. The van der Waals surface area contributed by atoms with Crippen molar-refractivity contribution >= 4 is 23.1 Å². The number of aliphatic hydroxyl groups is 1. The highest BCUT2D eigenvalue weighted by atomic mass is 35.5. The molecule has 1 aliphatic carbocycles. The maximum absolute atomic E-state index is 13.3. The Morgan fingerprint density at radius 1 is 0.941 bits per heavy atom. The fraction of sp³-hybridized carbons (Fsp3) is 0.192. The number of carbonyl (C=O) groups excluding carboxylic acids is 1. The molecule has 1 N–H and O–H groups in total. The number of nitrogens with zero attached hydrogens (tertiary/aromatic N) is 1. The van der Waals surface area contributed by atoms with Crippen LogP contribution in [0.4, 0.5) is 5.69 Å². The molecule has 0 spiro atoms. The third kappa shape index (κ3) is 5.40. The van der Waals surface area contributed by atoms with Crippen molar-refractivity contribution in [2.45, 2.75) is 31.5 Å². The Hall–Kier alpha value is -3.36. The zero-order chi connectivity index (χ0) is 24.1. The van der Waals surface area contributed by atoms with E-state index in [1.54, 1.807) is 0 Å². The highest BCUT2D eigenvalue weighted by Gasteiger charge is 2.41. The van der Waals surface area contributed by atoms with Gasteiger partial charge in [0.1, 0.15) is 12.2 Å². The van der Waals surface area contributed by atoms with Gasteiger partial charge in [-0.1, -0.05) is 72.3 Å². The molecule has 0 aromatic heterocycles. The summed E-state index contributed by atoms with van der Waals surface area (Å²) in [7, 11) is 0. The van der Waals surface area contributed by atoms with Crippen molar-refractivity contribution in [3.8, 4) is 0 Å². The van der Waals surface area contributed by atoms with E-state index in [4.69, 9.17) is 21.1 Å². The number of non-ortho nitro benzene ring substituents is 1. The van der Waals surface area contributed by atoms with Gasteiger partial charge in [-0.2, -0.15) is 0 Å². The number of carbonyl (C=O) groups is 1. The number of hydrogen-bond donors (Lipinski definition) is 1. The highest BCUT2D eigenvalue weighted by Crippen LogP contribution is 2.36. The Balaban J connectivity index is 1.58. The summed E-state index contributed by atoms with van der Waals surface area (Å²) in [6.07, 6.45) is -1.68. The van der Waals surface area contributed by atoms with E-state index < -0.39 is 29.0 Å². The fourth-order valence-electron chi connectivity index (χ4n) is 3.74. The Bertz CT molecular complexity index is 1200. The molecule has 0 radical (unpaired) electrons. The summed E-state index contributed by atoms with van der Waals surface area (Å²) >= 11 is 6.19. The minimum atomic E-state index is -1.46. The first-order valence-corrected chi connectivity index (χ1v) is 11.0. The van der Waals surface area contributed by atoms with Gasteiger partial charge < -0.3 is 14.6 Å². The lowest BCUT2D eigenvalue weighted by Crippen LogP contribution is -2.33. The monoisotopic (exact) mass is 479 g/mol. The zero-order valence-electron chi connectivity index (χ0n) is 18.0. The van der Waals surface area contributed by atoms with Crippen LogP contribution in [0.25, 0.3) is 0 Å². The molecule has 0 saturated carbocycles. The lowest BCUT2D eigenvalue weighted by Gasteiger charge is -2.20. The van der Waals surface area contributed by atoms with E-state index in [-0.39, 0.29) is 35.1 Å². The van der Waals surface area contributed by atoms with Crippen molar-refractivity contribution in [2.24, 2.45) is 0 Å². The first-order valence-electron chi connectivity index (χ1n) is 10.6. The van der Waals surface area contributed by atoms with Crippen LogP contribution >= 0.6 is 11.6 Å². The van der Waals surface area contributed by atoms with Gasteiger partial charge >= 0.3 is 0 Å². The average Bonchev–Trinajstić information content (AvgIpc) is 3.17. The maximum Gasteiger partial charge on any atom is 0.269 e. The molecular weight excluding hydrogens is 458 g/mol. The van der Waals surface area contributed by atoms with Crippen molar-refractivity contribution in [1.82, 2.24) is 0 Å². The second-order valence-electron chi connectivity index (χ2n) is 7.83. The summed E-state index contributed by atoms with van der Waals surface area (Å²) in [5.41, 5.74) is 1.66. The molecule has 0 aliphatic heterocycles. The number of halogens is 1. The Morgan fingerprint density at radius 2 is 1.53 bits per heavy atom. The van der Waals surface area contributed by atoms with E-state index in [1.165, 1.54) is 24.3 Å². The van der Waals surface area contributed by atoms with Gasteiger partial charge in [-0.3, -0.25) is 14.9 Å². The average molecular weight is 480 g/mol. The molecule has 0 heterocycles. The van der Waals surface area contributed by atoms with Gasteiger partial charge in [0, 0.05) is 28.3 Å². The molecule has 1 aliphatic rings. The summed E-state index contributed by atoms with van der Waals surface area (Å²) < 4.78 is 11.9. The Labute approximate surface area is 201 Å². The third-order valence-electron chi connectivity index (χ3n) is 5.52. The quantitative estimate of drug-likeness (QED) is 0.344. The molecule has 3 atom stereocenters. The Kier molecular flexibility index (Phi) is 7.49. The number of rotatable bonds is 9. The van der Waals surface area contributed by atoms with Gasteiger partial charge in [0.15, 0.2) is 11.9 Å². The number of hydrogen-bond acceptors (Lipinski definition) is 6. The predicted molar refractivity (Wildman–Crippen MR) is 126 cm³/mol. The lowest BCUT2D eigenvalue weighted by molar-refractivity contribution is -0.385. The van der Waals surface area contributed by atoms with Crippen LogP contribution in [-0.2, 0) is 27.5 Å². The maximum atomic E-state index is 13.3. The molecule has 3 aromatic rings. The van der Waals surface area contributed by atoms with Crippen LogP contribution in [0, 0.1) is 10.1 Å². The normalized spacial score (nSPS) is 18.5. The van der Waals surface area contributed by atoms with Crippen LogP contribution in [0.15, 0.2) is 90.5 Å². The first kappa shape index (κ1) is 23.8. The second-order valence-corrected chi connectivity index (χ2v) is 8.24. The largest absolute Gasteiger partial charge is 0.383 e. The molecule has 174 valence electrons. The van der Waals surface area contributed by atoms with Crippen LogP contribution in [-0.4, -0.2) is 28.0 Å². The van der Waals surface area contributed by atoms with E-state index in [1.807, 2.05) is 60.7 Å². The topological polar surface area (TPSA) is 98.9 Å². The molecule has 0 fully saturated rings. The van der Waals surface area contributed by atoms with E-state index in [9.17, 15) is 20.0 Å². The molecule has 0 amide bonds. The van der Waals surface area contributed by atoms with Crippen molar-refractivity contribution in [3.05, 3.63) is 122 Å². The molecular formula is C26H22ClNO6. The molecule has 0 bridgehead atoms. The van der Waals surface area contributed by atoms with Gasteiger partial charge in [0.2, 0.25) is 0 Å². The highest BCUT2D eigenvalue weighted by molar-refractivity contribution is 6.31. The van der Waals surface area contributed by atoms with E-state index in [2.05, 4.69) is 0 Å². The second kappa shape index (κ2) is 10.7. The molecule has 0 saturated heterocycles. The fourth-order valence-corrected chi connectivity index (χ4v) is 3.96. The van der Waals surface area contributed by atoms with Gasteiger partial charge in [-0.25, -0.2) is 0 Å². The molecule has 8 heteroatoms. The van der Waals surface area contributed by atoms with Crippen LogP contribution in [0.5, 0.6) is 0 Å². The molecule has 7 nitrogen and oxygen atoms in total. The zero-order valence-corrected chi connectivity index (χ0v) is 18.8. The van der Waals surface area contributed by atoms with E-state index in [0.29, 0.717) is 0 Å². The number of ketones is 1. The summed E-state index contributed by atoms with van der Waals surface area (Å²) in [4.78, 5) is 23.9. The summed E-state index contributed by atoms with van der Waals surface area (Å²) in [6, 6.07) is 22.6. The number of benzene rings is 3. The van der Waals surface area contributed by atoms with E-state index in [0.717, 1.165) is 11.1 Å². The lowest BCUT2D eigenvalue weighted by atomic mass is 9.99. The number of Topliss-reactive ketones (excluding diaryl/α,β-unsaturated/α-hetero) is 1. The van der Waals surface area contributed by atoms with Crippen LogP contribution in [0.2, 0.25) is 5.02 Å². The minimum absolute atomic E-state index is 0.0264. The third-order valence-corrected chi connectivity index (χ3v) is 5.87. The van der Waals surface area contributed by atoms with Crippen molar-refractivity contribution in [1.29, 1.82) is 0 Å². The summed E-state index contributed by atoms with van der Waals surface area (Å²) in [5, 5.41) is 22.3. The van der Waals surface area contributed by atoms with Crippen LogP contribution in [0.1, 0.15) is 22.8 Å². The number of nitro benzene ring substituents is 1. The SMILES string of the molecule is O=C1C(C(O)c2cc([N+](=O)[O-])ccc2Cl)=C[C@H](OCc2ccccc2)[C@H]1OCc1ccccc1. The van der Waals surface area contributed by atoms with Crippen molar-refractivity contribution in [3.63, 3.8) is 0 Å².